The molecule has 12 heteroatoms. The van der Waals surface area contributed by atoms with Crippen molar-refractivity contribution in [2.24, 2.45) is 0 Å². The molecule has 0 spiro atoms. The van der Waals surface area contributed by atoms with E-state index < -0.39 is 30.3 Å². The molecular weight excluding hydrogens is 380 g/mol. The summed E-state index contributed by atoms with van der Waals surface area (Å²) in [6.45, 7) is 2.80. The summed E-state index contributed by atoms with van der Waals surface area (Å²) < 4.78 is 9.02. The third-order valence-corrected chi connectivity index (χ3v) is 4.98. The SMILES string of the molecule is CCn1cc(C(=O)N[C@@H]2CO[C@H](Cn3cnc4c(N)ncnc43)[C@@H](O)[C@H]2O)cn1. The van der Waals surface area contributed by atoms with Crippen LogP contribution >= 0.6 is 0 Å². The number of aryl methyl sites for hydroxylation is 1. The molecule has 4 atom stereocenters. The molecule has 0 bridgehead atoms. The zero-order valence-electron chi connectivity index (χ0n) is 15.7. The van der Waals surface area contributed by atoms with Gasteiger partial charge in [-0.15, -0.1) is 0 Å². The minimum atomic E-state index is -1.22. The van der Waals surface area contributed by atoms with Gasteiger partial charge in [0.25, 0.3) is 5.91 Å². The van der Waals surface area contributed by atoms with Crippen molar-refractivity contribution in [2.75, 3.05) is 12.3 Å². The molecule has 0 unspecified atom stereocenters. The van der Waals surface area contributed by atoms with E-state index in [2.05, 4.69) is 25.4 Å². The van der Waals surface area contributed by atoms with E-state index >= 15 is 0 Å². The summed E-state index contributed by atoms with van der Waals surface area (Å²) in [6.07, 6.45) is 2.78. The third-order valence-electron chi connectivity index (χ3n) is 4.98. The molecule has 0 aromatic carbocycles. The fraction of sp³-hybridized carbons (Fsp3) is 0.471. The van der Waals surface area contributed by atoms with Gasteiger partial charge in [0.15, 0.2) is 11.5 Å². The Labute approximate surface area is 165 Å². The van der Waals surface area contributed by atoms with E-state index in [1.165, 1.54) is 18.9 Å². The smallest absolute Gasteiger partial charge is 0.254 e. The predicted molar refractivity (Wildman–Crippen MR) is 101 cm³/mol. The number of aliphatic hydroxyl groups is 2. The summed E-state index contributed by atoms with van der Waals surface area (Å²) in [5.41, 5.74) is 7.11. The Morgan fingerprint density at radius 1 is 1.34 bits per heavy atom. The fourth-order valence-electron chi connectivity index (χ4n) is 3.30. The van der Waals surface area contributed by atoms with Gasteiger partial charge in [-0.2, -0.15) is 5.10 Å². The summed E-state index contributed by atoms with van der Waals surface area (Å²) in [5, 5.41) is 27.8. The molecule has 12 nitrogen and oxygen atoms in total. The van der Waals surface area contributed by atoms with Crippen LogP contribution in [0.1, 0.15) is 17.3 Å². The Morgan fingerprint density at radius 2 is 2.17 bits per heavy atom. The number of ether oxygens (including phenoxy) is 1. The van der Waals surface area contributed by atoms with Gasteiger partial charge in [-0.3, -0.25) is 9.48 Å². The van der Waals surface area contributed by atoms with E-state index in [4.69, 9.17) is 10.5 Å². The predicted octanol–water partition coefficient (Wildman–Crippen LogP) is -1.46. The second kappa shape index (κ2) is 7.73. The van der Waals surface area contributed by atoms with Crippen LogP contribution in [0.4, 0.5) is 5.82 Å². The summed E-state index contributed by atoms with van der Waals surface area (Å²) in [6, 6.07) is -0.753. The molecule has 1 amide bonds. The number of carbonyl (C=O) groups excluding carboxylic acids is 1. The van der Waals surface area contributed by atoms with Gasteiger partial charge in [0, 0.05) is 12.7 Å². The molecule has 3 aromatic rings. The number of rotatable bonds is 5. The van der Waals surface area contributed by atoms with Crippen LogP contribution in [0, 0.1) is 0 Å². The lowest BCUT2D eigenvalue weighted by Crippen LogP contribution is -2.59. The van der Waals surface area contributed by atoms with E-state index in [9.17, 15) is 15.0 Å². The number of aliphatic hydroxyl groups excluding tert-OH is 2. The maximum Gasteiger partial charge on any atom is 0.254 e. The molecule has 0 aliphatic carbocycles. The number of imidazole rings is 1. The number of hydrogen-bond donors (Lipinski definition) is 4. The standard InChI is InChI=1S/C17H22N8O4/c1-2-25-4-9(3-22-25)17(28)23-10-6-29-11(14(27)13(10)26)5-24-8-21-12-15(18)19-7-20-16(12)24/h3-4,7-8,10-11,13-14,26-27H,2,5-6H2,1H3,(H,23,28)(H2,18,19,20)/t10-,11-,13+,14-/m1/s1. The number of nitrogens with two attached hydrogens (primary N) is 1. The lowest BCUT2D eigenvalue weighted by Gasteiger charge is -2.38. The van der Waals surface area contributed by atoms with Gasteiger partial charge in [-0.25, -0.2) is 15.0 Å². The van der Waals surface area contributed by atoms with E-state index in [1.54, 1.807) is 15.4 Å². The minimum absolute atomic E-state index is 0.0420. The summed E-state index contributed by atoms with van der Waals surface area (Å²) in [4.78, 5) is 24.6. The third kappa shape index (κ3) is 3.64. The normalized spacial score (nSPS) is 24.7. The molecule has 1 fully saturated rings. The van der Waals surface area contributed by atoms with Crippen LogP contribution in [0.3, 0.4) is 0 Å². The highest BCUT2D eigenvalue weighted by Gasteiger charge is 2.39. The van der Waals surface area contributed by atoms with Crippen LogP contribution in [0.5, 0.6) is 0 Å². The lowest BCUT2D eigenvalue weighted by molar-refractivity contribution is -0.152. The number of aromatic nitrogens is 6. The van der Waals surface area contributed by atoms with Gasteiger partial charge in [0.1, 0.15) is 30.2 Å². The van der Waals surface area contributed by atoms with Crippen molar-refractivity contribution in [1.29, 1.82) is 0 Å². The van der Waals surface area contributed by atoms with Crippen molar-refractivity contribution >= 4 is 22.9 Å². The second-order valence-corrected chi connectivity index (χ2v) is 6.85. The Kier molecular flexibility index (Phi) is 5.13. The van der Waals surface area contributed by atoms with Crippen molar-refractivity contribution < 1.29 is 19.7 Å². The highest BCUT2D eigenvalue weighted by molar-refractivity contribution is 5.93. The first-order chi connectivity index (χ1) is 14.0. The minimum Gasteiger partial charge on any atom is -0.388 e. The number of nitrogen functional groups attached to an aromatic ring is 1. The van der Waals surface area contributed by atoms with E-state index in [1.807, 2.05) is 6.92 Å². The monoisotopic (exact) mass is 402 g/mol. The molecular formula is C17H22N8O4. The number of carbonyl (C=O) groups is 1. The summed E-state index contributed by atoms with van der Waals surface area (Å²) in [7, 11) is 0. The Hall–Kier alpha value is -3.09. The van der Waals surface area contributed by atoms with Gasteiger partial charge in [0.05, 0.1) is 37.3 Å². The number of nitrogens with zero attached hydrogens (tertiary/aromatic N) is 6. The van der Waals surface area contributed by atoms with Gasteiger partial charge in [-0.1, -0.05) is 0 Å². The van der Waals surface area contributed by atoms with Crippen molar-refractivity contribution in [3.8, 4) is 0 Å². The van der Waals surface area contributed by atoms with Crippen molar-refractivity contribution in [3.63, 3.8) is 0 Å². The first-order valence-corrected chi connectivity index (χ1v) is 9.20. The largest absolute Gasteiger partial charge is 0.388 e. The van der Waals surface area contributed by atoms with Crippen molar-refractivity contribution in [1.82, 2.24) is 34.6 Å². The number of hydrogen-bond acceptors (Lipinski definition) is 9. The second-order valence-electron chi connectivity index (χ2n) is 6.85. The molecule has 1 aliphatic rings. The molecule has 154 valence electrons. The van der Waals surface area contributed by atoms with Gasteiger partial charge in [0.2, 0.25) is 0 Å². The quantitative estimate of drug-likeness (QED) is 0.399. The zero-order valence-corrected chi connectivity index (χ0v) is 15.7. The van der Waals surface area contributed by atoms with Crippen LogP contribution in [0.2, 0.25) is 0 Å². The first kappa shape index (κ1) is 19.2. The number of anilines is 1. The summed E-state index contributed by atoms with van der Waals surface area (Å²) >= 11 is 0. The molecule has 0 radical (unpaired) electrons. The molecule has 0 saturated carbocycles. The van der Waals surface area contributed by atoms with E-state index in [0.717, 1.165) is 0 Å². The molecule has 1 aliphatic heterocycles. The van der Waals surface area contributed by atoms with E-state index in [0.29, 0.717) is 23.3 Å². The number of fused-ring (bicyclic) bond motifs is 1. The molecule has 4 heterocycles. The van der Waals surface area contributed by atoms with Crippen LogP contribution in [0.25, 0.3) is 11.2 Å². The molecule has 4 rings (SSSR count). The Bertz CT molecular complexity index is 1020. The fourth-order valence-corrected chi connectivity index (χ4v) is 3.30. The Balaban J connectivity index is 1.42. The van der Waals surface area contributed by atoms with Gasteiger partial charge in [-0.05, 0) is 6.92 Å². The zero-order chi connectivity index (χ0) is 20.5. The molecule has 5 N–H and O–H groups in total. The molecule has 3 aromatic heterocycles. The van der Waals surface area contributed by atoms with Crippen molar-refractivity contribution in [2.45, 2.75) is 44.4 Å². The first-order valence-electron chi connectivity index (χ1n) is 9.20. The maximum atomic E-state index is 12.4. The maximum absolute atomic E-state index is 12.4. The van der Waals surface area contributed by atoms with E-state index in [-0.39, 0.29) is 19.0 Å². The molecule has 1 saturated heterocycles. The lowest BCUT2D eigenvalue weighted by atomic mass is 9.97. The van der Waals surface area contributed by atoms with Crippen LogP contribution < -0.4 is 11.1 Å². The summed E-state index contributed by atoms with van der Waals surface area (Å²) in [5.74, 6) is -0.135. The molecule has 29 heavy (non-hydrogen) atoms. The van der Waals surface area contributed by atoms with Crippen LogP contribution in [0.15, 0.2) is 25.0 Å². The number of nitrogens with one attached hydrogen (secondary N) is 1. The number of amides is 1. The average Bonchev–Trinajstić information content (AvgIpc) is 3.36. The van der Waals surface area contributed by atoms with Crippen LogP contribution in [-0.2, 0) is 17.8 Å². The highest BCUT2D eigenvalue weighted by Crippen LogP contribution is 2.20. The highest BCUT2D eigenvalue weighted by atomic mass is 16.5. The van der Waals surface area contributed by atoms with Crippen molar-refractivity contribution in [3.05, 3.63) is 30.6 Å². The Morgan fingerprint density at radius 3 is 2.93 bits per heavy atom. The average molecular weight is 402 g/mol. The topological polar surface area (TPSA) is 166 Å². The van der Waals surface area contributed by atoms with Gasteiger partial charge < -0.3 is 30.6 Å². The van der Waals surface area contributed by atoms with Crippen LogP contribution in [-0.4, -0.2) is 76.4 Å². The van der Waals surface area contributed by atoms with Gasteiger partial charge >= 0.3 is 0 Å².